The van der Waals surface area contributed by atoms with E-state index in [0.717, 1.165) is 17.4 Å². The number of hydrogen-bond donors (Lipinski definition) is 1. The van der Waals surface area contributed by atoms with Crippen molar-refractivity contribution in [1.82, 2.24) is 19.7 Å². The van der Waals surface area contributed by atoms with Gasteiger partial charge in [-0.3, -0.25) is 9.59 Å². The zero-order valence-corrected chi connectivity index (χ0v) is 17.8. The molecule has 1 saturated heterocycles. The summed E-state index contributed by atoms with van der Waals surface area (Å²) in [6.07, 6.45) is 1.66. The van der Waals surface area contributed by atoms with Crippen LogP contribution in [0.2, 0.25) is 0 Å². The van der Waals surface area contributed by atoms with Crippen LogP contribution in [-0.4, -0.2) is 43.3 Å². The molecule has 3 aromatic rings. The normalized spacial score (nSPS) is 25.5. The lowest BCUT2D eigenvalue weighted by molar-refractivity contribution is 0.0607. The van der Waals surface area contributed by atoms with Gasteiger partial charge in [0.2, 0.25) is 5.43 Å². The van der Waals surface area contributed by atoms with Gasteiger partial charge in [0, 0.05) is 31.8 Å². The number of nitrogens with zero attached hydrogens (tertiary/aromatic N) is 4. The van der Waals surface area contributed by atoms with Gasteiger partial charge in [0.05, 0.1) is 11.6 Å². The van der Waals surface area contributed by atoms with Crippen LogP contribution in [0.5, 0.6) is 5.75 Å². The minimum atomic E-state index is -0.684. The van der Waals surface area contributed by atoms with Crippen LogP contribution in [0.4, 0.5) is 8.78 Å². The van der Waals surface area contributed by atoms with Crippen molar-refractivity contribution >= 4 is 17.2 Å². The second-order valence-electron chi connectivity index (χ2n) is 8.76. The van der Waals surface area contributed by atoms with Crippen LogP contribution in [0.3, 0.4) is 0 Å². The number of pyridine rings is 1. The van der Waals surface area contributed by atoms with E-state index < -0.39 is 22.8 Å². The van der Waals surface area contributed by atoms with Crippen molar-refractivity contribution in [2.24, 2.45) is 17.8 Å². The molecule has 0 bridgehead atoms. The van der Waals surface area contributed by atoms with Gasteiger partial charge in [-0.15, -0.1) is 10.2 Å². The quantitative estimate of drug-likeness (QED) is 0.655. The number of halogens is 2. The first-order chi connectivity index (χ1) is 15.3. The van der Waals surface area contributed by atoms with Crippen molar-refractivity contribution in [3.05, 3.63) is 62.5 Å². The maximum atomic E-state index is 14.0. The van der Waals surface area contributed by atoms with Crippen LogP contribution in [0.25, 0.3) is 10.6 Å². The molecule has 1 unspecified atom stereocenters. The van der Waals surface area contributed by atoms with Gasteiger partial charge in [0.1, 0.15) is 16.6 Å². The second kappa shape index (κ2) is 6.68. The molecule has 2 fully saturated rings. The fourth-order valence-corrected chi connectivity index (χ4v) is 6.17. The first kappa shape index (κ1) is 19.5. The standard InChI is InChI=1S/C22H18F2N4O3S/c1-9-12-7-28-15(17(9)12)8-27-6-13(19(29)20(30)18(27)22(28)31)21-26-25-16(32-21)4-10-2-3-11(23)5-14(10)24/h2-3,5-6,9,12,15,17,30H,4,7-8H2,1H3/t9?,12-,15+,17+/m0/s1. The number of aromatic hydroxyl groups is 1. The van der Waals surface area contributed by atoms with E-state index >= 15 is 0 Å². The lowest BCUT2D eigenvalue weighted by Crippen LogP contribution is -2.48. The van der Waals surface area contributed by atoms with E-state index in [1.165, 1.54) is 12.1 Å². The van der Waals surface area contributed by atoms with Gasteiger partial charge >= 0.3 is 0 Å². The largest absolute Gasteiger partial charge is 0.503 e. The second-order valence-corrected chi connectivity index (χ2v) is 9.82. The molecule has 1 amide bonds. The van der Waals surface area contributed by atoms with E-state index in [1.807, 2.05) is 0 Å². The summed E-state index contributed by atoms with van der Waals surface area (Å²) in [6, 6.07) is 3.38. The van der Waals surface area contributed by atoms with Gasteiger partial charge in [-0.2, -0.15) is 0 Å². The molecule has 32 heavy (non-hydrogen) atoms. The van der Waals surface area contributed by atoms with Gasteiger partial charge in [-0.05, 0) is 29.4 Å². The van der Waals surface area contributed by atoms with Gasteiger partial charge in [-0.25, -0.2) is 8.78 Å². The number of fused-ring (bicyclic) bond motifs is 4. The molecule has 3 aliphatic rings. The molecule has 1 aliphatic carbocycles. The number of carbonyl (C=O) groups is 1. The molecule has 0 radical (unpaired) electrons. The highest BCUT2D eigenvalue weighted by atomic mass is 32.1. The predicted octanol–water partition coefficient (Wildman–Crippen LogP) is 2.66. The summed E-state index contributed by atoms with van der Waals surface area (Å²) in [5, 5.41) is 19.4. The number of amides is 1. The Morgan fingerprint density at radius 2 is 2.03 bits per heavy atom. The van der Waals surface area contributed by atoms with Crippen molar-refractivity contribution < 1.29 is 18.7 Å². The fraction of sp³-hybridized carbons (Fsp3) is 0.364. The smallest absolute Gasteiger partial charge is 0.274 e. The van der Waals surface area contributed by atoms with E-state index in [1.54, 1.807) is 15.7 Å². The molecule has 2 aromatic heterocycles. The molecular formula is C22H18F2N4O3S. The Morgan fingerprint density at radius 3 is 2.81 bits per heavy atom. The number of aromatic nitrogens is 3. The molecule has 1 aromatic carbocycles. The van der Waals surface area contributed by atoms with Gasteiger partial charge in [-0.1, -0.05) is 24.3 Å². The highest BCUT2D eigenvalue weighted by molar-refractivity contribution is 7.14. The Morgan fingerprint density at radius 1 is 1.22 bits per heavy atom. The Kier molecular flexibility index (Phi) is 4.08. The number of piperidine rings is 1. The van der Waals surface area contributed by atoms with Crippen molar-refractivity contribution in [2.75, 3.05) is 6.54 Å². The number of hydrogen-bond acceptors (Lipinski definition) is 6. The van der Waals surface area contributed by atoms with Crippen molar-refractivity contribution in [3.63, 3.8) is 0 Å². The summed E-state index contributed by atoms with van der Waals surface area (Å²) in [5.41, 5.74) is -0.258. The molecule has 1 N–H and O–H groups in total. The summed E-state index contributed by atoms with van der Waals surface area (Å²) in [4.78, 5) is 27.6. The third-order valence-corrected chi connectivity index (χ3v) is 8.00. The summed E-state index contributed by atoms with van der Waals surface area (Å²) >= 11 is 1.09. The average Bonchev–Trinajstić information content (AvgIpc) is 3.09. The number of rotatable bonds is 3. The van der Waals surface area contributed by atoms with Crippen molar-refractivity contribution in [1.29, 1.82) is 0 Å². The minimum absolute atomic E-state index is 0.0158. The fourth-order valence-electron chi connectivity index (χ4n) is 5.30. The van der Waals surface area contributed by atoms with Gasteiger partial charge < -0.3 is 14.6 Å². The molecule has 0 spiro atoms. The zero-order valence-electron chi connectivity index (χ0n) is 17.0. The molecule has 7 nitrogen and oxygen atoms in total. The highest BCUT2D eigenvalue weighted by Gasteiger charge is 2.61. The SMILES string of the molecule is CC1[C@H]2[C@H]3Cn4cc(-c5nnc(Cc6ccc(F)cc6F)s5)c(=O)c(O)c4C(=O)N3C[C@@H]12. The van der Waals surface area contributed by atoms with Crippen molar-refractivity contribution in [2.45, 2.75) is 25.9 Å². The lowest BCUT2D eigenvalue weighted by Gasteiger charge is -2.35. The molecule has 4 heterocycles. The highest BCUT2D eigenvalue weighted by Crippen LogP contribution is 2.56. The van der Waals surface area contributed by atoms with Crippen LogP contribution in [-0.2, 0) is 13.0 Å². The van der Waals surface area contributed by atoms with E-state index in [0.29, 0.717) is 35.9 Å². The van der Waals surface area contributed by atoms with Crippen LogP contribution < -0.4 is 5.43 Å². The first-order valence-corrected chi connectivity index (χ1v) is 11.2. The summed E-state index contributed by atoms with van der Waals surface area (Å²) in [6.45, 7) is 3.37. The molecule has 6 rings (SSSR count). The van der Waals surface area contributed by atoms with E-state index in [-0.39, 0.29) is 40.2 Å². The summed E-state index contributed by atoms with van der Waals surface area (Å²) in [5.74, 6) is -0.715. The number of benzene rings is 1. The van der Waals surface area contributed by atoms with Crippen LogP contribution in [0.1, 0.15) is 28.0 Å². The number of carbonyl (C=O) groups excluding carboxylic acids is 1. The van der Waals surface area contributed by atoms with E-state index in [4.69, 9.17) is 0 Å². The monoisotopic (exact) mass is 456 g/mol. The van der Waals surface area contributed by atoms with Crippen molar-refractivity contribution in [3.8, 4) is 16.3 Å². The van der Waals surface area contributed by atoms with Crippen LogP contribution in [0.15, 0.2) is 29.2 Å². The Hall–Kier alpha value is -3.14. The molecular weight excluding hydrogens is 438 g/mol. The first-order valence-electron chi connectivity index (χ1n) is 10.4. The van der Waals surface area contributed by atoms with Crippen LogP contribution >= 0.6 is 11.3 Å². The Bertz CT molecular complexity index is 1350. The van der Waals surface area contributed by atoms with E-state index in [2.05, 4.69) is 17.1 Å². The molecule has 2 aliphatic heterocycles. The van der Waals surface area contributed by atoms with Crippen LogP contribution in [0, 0.1) is 29.4 Å². The lowest BCUT2D eigenvalue weighted by atomic mass is 10.1. The molecule has 1 saturated carbocycles. The summed E-state index contributed by atoms with van der Waals surface area (Å²) < 4.78 is 28.8. The molecule has 10 heteroatoms. The topological polar surface area (TPSA) is 88.3 Å². The summed E-state index contributed by atoms with van der Waals surface area (Å²) in [7, 11) is 0. The van der Waals surface area contributed by atoms with Gasteiger partial charge in [0.15, 0.2) is 16.5 Å². The Balaban J connectivity index is 1.35. The van der Waals surface area contributed by atoms with Gasteiger partial charge in [0.25, 0.3) is 5.91 Å². The predicted molar refractivity (Wildman–Crippen MR) is 111 cm³/mol. The Labute approximate surface area is 184 Å². The molecule has 164 valence electrons. The average molecular weight is 456 g/mol. The molecule has 4 atom stereocenters. The third-order valence-electron chi connectivity index (χ3n) is 7.05. The maximum absolute atomic E-state index is 14.0. The van der Waals surface area contributed by atoms with E-state index in [9.17, 15) is 23.5 Å². The maximum Gasteiger partial charge on any atom is 0.274 e. The third kappa shape index (κ3) is 2.75. The zero-order chi connectivity index (χ0) is 22.3. The minimum Gasteiger partial charge on any atom is -0.503 e.